The Morgan fingerprint density at radius 2 is 1.82 bits per heavy atom. The van der Waals surface area contributed by atoms with Crippen LogP contribution in [-0.2, 0) is 4.79 Å². The summed E-state index contributed by atoms with van der Waals surface area (Å²) in [5.41, 5.74) is 2.38. The van der Waals surface area contributed by atoms with Crippen molar-refractivity contribution in [2.24, 2.45) is 4.99 Å². The molecule has 1 atom stereocenters. The maximum Gasteiger partial charge on any atom is 0.271 e. The topological polar surface area (TPSA) is 81.9 Å². The van der Waals surface area contributed by atoms with E-state index < -0.39 is 6.04 Å². The molecule has 198 valence electrons. The second kappa shape index (κ2) is 11.1. The second-order valence-electron chi connectivity index (χ2n) is 8.68. The molecule has 0 unspecified atom stereocenters. The van der Waals surface area contributed by atoms with Gasteiger partial charge in [0.1, 0.15) is 17.5 Å². The Balaban J connectivity index is 1.73. The van der Waals surface area contributed by atoms with E-state index in [1.54, 1.807) is 68.6 Å². The van der Waals surface area contributed by atoms with Crippen molar-refractivity contribution in [2.75, 3.05) is 19.5 Å². The van der Waals surface area contributed by atoms with E-state index in [1.807, 2.05) is 18.2 Å². The van der Waals surface area contributed by atoms with Gasteiger partial charge in [-0.05, 0) is 55.0 Å². The Kier molecular flexibility index (Phi) is 7.61. The van der Waals surface area contributed by atoms with Crippen LogP contribution >= 0.6 is 34.5 Å². The van der Waals surface area contributed by atoms with Crippen LogP contribution in [0.1, 0.15) is 24.1 Å². The van der Waals surface area contributed by atoms with Crippen molar-refractivity contribution < 1.29 is 14.3 Å². The van der Waals surface area contributed by atoms with Gasteiger partial charge in [-0.15, -0.1) is 0 Å². The first-order valence-corrected chi connectivity index (χ1v) is 13.4. The van der Waals surface area contributed by atoms with Crippen molar-refractivity contribution in [3.05, 3.63) is 119 Å². The number of amides is 1. The van der Waals surface area contributed by atoms with Gasteiger partial charge in [-0.1, -0.05) is 58.8 Å². The van der Waals surface area contributed by atoms with Crippen LogP contribution in [0.25, 0.3) is 6.08 Å². The molecular formula is C29H23Cl2N3O4S. The van der Waals surface area contributed by atoms with Gasteiger partial charge in [0, 0.05) is 27.4 Å². The number of methoxy groups -OCH3 is 2. The average Bonchev–Trinajstić information content (AvgIpc) is 3.23. The molecule has 1 aliphatic heterocycles. The maximum atomic E-state index is 13.9. The molecule has 7 nitrogen and oxygen atoms in total. The fourth-order valence-electron chi connectivity index (χ4n) is 4.43. The summed E-state index contributed by atoms with van der Waals surface area (Å²) in [6.45, 7) is 1.76. The molecule has 0 saturated carbocycles. The van der Waals surface area contributed by atoms with E-state index in [-0.39, 0.29) is 11.5 Å². The molecule has 2 heterocycles. The highest BCUT2D eigenvalue weighted by Gasteiger charge is 2.34. The highest BCUT2D eigenvalue weighted by Crippen LogP contribution is 2.37. The minimum atomic E-state index is -0.811. The van der Waals surface area contributed by atoms with Crippen molar-refractivity contribution >= 4 is 52.2 Å². The van der Waals surface area contributed by atoms with Crippen LogP contribution in [-0.4, -0.2) is 24.7 Å². The molecule has 0 radical (unpaired) electrons. The molecule has 1 N–H and O–H groups in total. The van der Waals surface area contributed by atoms with Crippen LogP contribution in [0.15, 0.2) is 87.8 Å². The number of hydrogen-bond acceptors (Lipinski definition) is 6. The molecule has 0 spiro atoms. The molecule has 1 amide bonds. The smallest absolute Gasteiger partial charge is 0.271 e. The Labute approximate surface area is 238 Å². The number of carbonyl (C=O) groups excluding carboxylic acids is 1. The molecule has 5 rings (SSSR count). The fourth-order valence-corrected chi connectivity index (χ4v) is 5.93. The number of ether oxygens (including phenoxy) is 2. The number of thiazole rings is 1. The van der Waals surface area contributed by atoms with Gasteiger partial charge in [-0.3, -0.25) is 14.2 Å². The van der Waals surface area contributed by atoms with E-state index in [0.29, 0.717) is 59.0 Å². The first kappa shape index (κ1) is 26.7. The van der Waals surface area contributed by atoms with E-state index >= 15 is 0 Å². The number of carbonyl (C=O) groups is 1. The van der Waals surface area contributed by atoms with Crippen LogP contribution in [0.4, 0.5) is 5.69 Å². The van der Waals surface area contributed by atoms with Gasteiger partial charge < -0.3 is 14.8 Å². The number of anilines is 1. The minimum Gasteiger partial charge on any atom is -0.497 e. The summed E-state index contributed by atoms with van der Waals surface area (Å²) in [7, 11) is 3.09. The first-order chi connectivity index (χ1) is 18.8. The molecule has 0 bridgehead atoms. The number of allylic oxidation sites excluding steroid dienone is 1. The molecule has 0 saturated heterocycles. The Bertz CT molecular complexity index is 1800. The number of aromatic nitrogens is 1. The van der Waals surface area contributed by atoms with Crippen molar-refractivity contribution in [1.29, 1.82) is 0 Å². The van der Waals surface area contributed by atoms with Crippen LogP contribution in [0.5, 0.6) is 11.5 Å². The lowest BCUT2D eigenvalue weighted by Gasteiger charge is -2.26. The van der Waals surface area contributed by atoms with Crippen molar-refractivity contribution in [3.8, 4) is 11.5 Å². The van der Waals surface area contributed by atoms with E-state index in [1.165, 1.54) is 23.0 Å². The van der Waals surface area contributed by atoms with Crippen molar-refractivity contribution in [2.45, 2.75) is 13.0 Å². The average molecular weight is 580 g/mol. The molecule has 1 aliphatic rings. The number of para-hydroxylation sites is 1. The summed E-state index contributed by atoms with van der Waals surface area (Å²) in [5, 5.41) is 3.85. The van der Waals surface area contributed by atoms with Gasteiger partial charge in [-0.2, -0.15) is 0 Å². The number of hydrogen-bond donors (Lipinski definition) is 1. The number of nitrogens with one attached hydrogen (secondary N) is 1. The zero-order valence-electron chi connectivity index (χ0n) is 21.2. The number of fused-ring (bicyclic) bond motifs is 1. The third-order valence-corrected chi connectivity index (χ3v) is 7.83. The lowest BCUT2D eigenvalue weighted by molar-refractivity contribution is -0.113. The zero-order valence-corrected chi connectivity index (χ0v) is 23.5. The molecule has 3 aromatic carbocycles. The van der Waals surface area contributed by atoms with Crippen LogP contribution in [0.3, 0.4) is 0 Å². The summed E-state index contributed by atoms with van der Waals surface area (Å²) in [6.07, 6.45) is 1.70. The van der Waals surface area contributed by atoms with Gasteiger partial charge in [-0.25, -0.2) is 4.99 Å². The fraction of sp³-hybridized carbons (Fsp3) is 0.138. The zero-order chi connectivity index (χ0) is 27.7. The number of halogens is 2. The molecule has 1 aromatic heterocycles. The number of nitrogens with zero attached hydrogens (tertiary/aromatic N) is 2. The highest BCUT2D eigenvalue weighted by molar-refractivity contribution is 7.07. The lowest BCUT2D eigenvalue weighted by Crippen LogP contribution is -2.40. The normalized spacial score (nSPS) is 15.0. The molecule has 4 aromatic rings. The third-order valence-electron chi connectivity index (χ3n) is 6.28. The van der Waals surface area contributed by atoms with Gasteiger partial charge in [0.2, 0.25) is 0 Å². The van der Waals surface area contributed by atoms with Crippen molar-refractivity contribution in [3.63, 3.8) is 0 Å². The summed E-state index contributed by atoms with van der Waals surface area (Å²) < 4.78 is 13.0. The maximum absolute atomic E-state index is 13.9. The molecule has 39 heavy (non-hydrogen) atoms. The quantitative estimate of drug-likeness (QED) is 0.340. The largest absolute Gasteiger partial charge is 0.497 e. The lowest BCUT2D eigenvalue weighted by atomic mass is 9.94. The Morgan fingerprint density at radius 1 is 1.05 bits per heavy atom. The van der Waals surface area contributed by atoms with E-state index in [4.69, 9.17) is 32.7 Å². The van der Waals surface area contributed by atoms with E-state index in [0.717, 1.165) is 0 Å². The molecular weight excluding hydrogens is 557 g/mol. The SMILES string of the molecule is COc1ccc([C@H]2C(C(=O)Nc3ccccc3)=C(C)N=c3s/c(=C\c4ccc(Cl)cc4Cl)c(=O)n32)c(OC)c1. The third kappa shape index (κ3) is 5.23. The highest BCUT2D eigenvalue weighted by atomic mass is 35.5. The van der Waals surface area contributed by atoms with E-state index in [9.17, 15) is 9.59 Å². The molecule has 0 aliphatic carbocycles. The Hall–Kier alpha value is -3.85. The van der Waals surface area contributed by atoms with Crippen LogP contribution in [0, 0.1) is 0 Å². The van der Waals surface area contributed by atoms with Gasteiger partial charge in [0.15, 0.2) is 4.80 Å². The predicted molar refractivity (Wildman–Crippen MR) is 155 cm³/mol. The summed E-state index contributed by atoms with van der Waals surface area (Å²) in [6, 6.07) is 18.7. The summed E-state index contributed by atoms with van der Waals surface area (Å²) in [5.74, 6) is 0.672. The van der Waals surface area contributed by atoms with Gasteiger partial charge >= 0.3 is 0 Å². The van der Waals surface area contributed by atoms with Crippen molar-refractivity contribution in [1.82, 2.24) is 4.57 Å². The van der Waals surface area contributed by atoms with Crippen LogP contribution < -0.4 is 29.7 Å². The number of benzene rings is 3. The minimum absolute atomic E-state index is 0.315. The second-order valence-corrected chi connectivity index (χ2v) is 10.5. The van der Waals surface area contributed by atoms with Gasteiger partial charge in [0.05, 0.1) is 30.0 Å². The monoisotopic (exact) mass is 579 g/mol. The molecule has 0 fully saturated rings. The molecule has 10 heteroatoms. The van der Waals surface area contributed by atoms with Gasteiger partial charge in [0.25, 0.3) is 11.5 Å². The summed E-state index contributed by atoms with van der Waals surface area (Å²) >= 11 is 13.6. The Morgan fingerprint density at radius 3 is 2.51 bits per heavy atom. The van der Waals surface area contributed by atoms with E-state index in [2.05, 4.69) is 10.3 Å². The first-order valence-electron chi connectivity index (χ1n) is 11.9. The summed E-state index contributed by atoms with van der Waals surface area (Å²) in [4.78, 5) is 32.8. The number of rotatable bonds is 6. The standard InChI is InChI=1S/C29H23Cl2N3O4S/c1-16-25(27(35)33-19-7-5-4-6-8-19)26(21-12-11-20(37-2)15-23(21)38-3)34-28(36)24(39-29(34)32-16)13-17-9-10-18(30)14-22(17)31/h4-15,26H,1-3H3,(H,33,35)/b24-13-/t26-/m0/s1. The van der Waals surface area contributed by atoms with Crippen LogP contribution in [0.2, 0.25) is 10.0 Å². The predicted octanol–water partition coefficient (Wildman–Crippen LogP) is 5.20.